The first-order valence-corrected chi connectivity index (χ1v) is 6.18. The van der Waals surface area contributed by atoms with Gasteiger partial charge in [-0.2, -0.15) is 13.2 Å². The highest BCUT2D eigenvalue weighted by molar-refractivity contribution is 5.34. The topological polar surface area (TPSA) is 39.7 Å². The quantitative estimate of drug-likeness (QED) is 0.432. The van der Waals surface area contributed by atoms with Gasteiger partial charge in [0.15, 0.2) is 18.4 Å². The number of para-hydroxylation sites is 1. The maximum atomic E-state index is 13.6. The third-order valence-electron chi connectivity index (χ3n) is 2.40. The van der Waals surface area contributed by atoms with Gasteiger partial charge in [0.2, 0.25) is 0 Å². The van der Waals surface area contributed by atoms with Crippen molar-refractivity contribution in [2.45, 2.75) is 12.7 Å². The van der Waals surface area contributed by atoms with E-state index in [0.29, 0.717) is 25.3 Å². The Hall–Kier alpha value is -1.38. The molecule has 0 bridgehead atoms. The second-order valence-electron chi connectivity index (χ2n) is 4.12. The Kier molecular flexibility index (Phi) is 7.41. The van der Waals surface area contributed by atoms with Crippen molar-refractivity contribution < 1.29 is 31.8 Å². The lowest BCUT2D eigenvalue weighted by Crippen LogP contribution is -2.21. The van der Waals surface area contributed by atoms with Gasteiger partial charge in [-0.05, 0) is 6.07 Å². The molecule has 120 valence electrons. The predicted octanol–water partition coefficient (Wildman–Crippen LogP) is 2.48. The van der Waals surface area contributed by atoms with Crippen LogP contribution in [0.2, 0.25) is 0 Å². The van der Waals surface area contributed by atoms with Crippen molar-refractivity contribution in [1.82, 2.24) is 5.32 Å². The average Bonchev–Trinajstić information content (AvgIpc) is 2.40. The summed E-state index contributed by atoms with van der Waals surface area (Å²) < 4.78 is 63.4. The van der Waals surface area contributed by atoms with Crippen molar-refractivity contribution >= 4 is 0 Å². The molecule has 1 aromatic carbocycles. The summed E-state index contributed by atoms with van der Waals surface area (Å²) in [6.07, 6.45) is -4.44. The van der Waals surface area contributed by atoms with E-state index in [1.807, 2.05) is 0 Å². The molecular formula is C13H17F4NO3. The molecule has 21 heavy (non-hydrogen) atoms. The van der Waals surface area contributed by atoms with Crippen LogP contribution in [0.15, 0.2) is 18.2 Å². The summed E-state index contributed by atoms with van der Waals surface area (Å²) in [5, 5.41) is 2.99. The van der Waals surface area contributed by atoms with Gasteiger partial charge in [-0.15, -0.1) is 0 Å². The Morgan fingerprint density at radius 3 is 2.67 bits per heavy atom. The predicted molar refractivity (Wildman–Crippen MR) is 67.5 cm³/mol. The van der Waals surface area contributed by atoms with E-state index in [9.17, 15) is 17.6 Å². The summed E-state index contributed by atoms with van der Waals surface area (Å²) >= 11 is 0. The number of halogens is 4. The molecule has 0 atom stereocenters. The van der Waals surface area contributed by atoms with Crippen LogP contribution in [-0.4, -0.2) is 39.8 Å². The van der Waals surface area contributed by atoms with E-state index in [1.54, 1.807) is 13.2 Å². The third-order valence-corrected chi connectivity index (χ3v) is 2.40. The molecule has 0 amide bonds. The van der Waals surface area contributed by atoms with Crippen molar-refractivity contribution in [3.63, 3.8) is 0 Å². The van der Waals surface area contributed by atoms with E-state index < -0.39 is 25.4 Å². The normalized spacial score (nSPS) is 11.7. The van der Waals surface area contributed by atoms with E-state index in [2.05, 4.69) is 10.1 Å². The second-order valence-corrected chi connectivity index (χ2v) is 4.12. The lowest BCUT2D eigenvalue weighted by atomic mass is 10.2. The van der Waals surface area contributed by atoms with Gasteiger partial charge < -0.3 is 19.5 Å². The second kappa shape index (κ2) is 8.81. The van der Waals surface area contributed by atoms with Crippen LogP contribution in [-0.2, 0) is 16.0 Å². The molecule has 0 radical (unpaired) electrons. The molecule has 0 saturated heterocycles. The van der Waals surface area contributed by atoms with Crippen LogP contribution in [0.5, 0.6) is 5.75 Å². The standard InChI is InChI=1S/C13H17F4NO3/c1-19-6-5-18-7-10-3-2-4-11(14)12(10)21-9-20-8-13(15,16)17/h2-4,18H,5-9H2,1H3. The first-order chi connectivity index (χ1) is 9.94. The van der Waals surface area contributed by atoms with E-state index >= 15 is 0 Å². The molecule has 0 saturated carbocycles. The zero-order chi connectivity index (χ0) is 15.7. The number of nitrogens with one attached hydrogen (secondary N) is 1. The van der Waals surface area contributed by atoms with Crippen LogP contribution in [0.1, 0.15) is 5.56 Å². The molecule has 8 heteroatoms. The van der Waals surface area contributed by atoms with Crippen molar-refractivity contribution in [2.24, 2.45) is 0 Å². The molecule has 1 rings (SSSR count). The zero-order valence-corrected chi connectivity index (χ0v) is 11.5. The number of rotatable bonds is 9. The molecule has 0 aliphatic heterocycles. The fourth-order valence-corrected chi connectivity index (χ4v) is 1.51. The Balaban J connectivity index is 2.51. The van der Waals surface area contributed by atoms with Gasteiger partial charge in [0, 0.05) is 25.8 Å². The highest BCUT2D eigenvalue weighted by Gasteiger charge is 2.27. The van der Waals surface area contributed by atoms with Gasteiger partial charge in [0.25, 0.3) is 0 Å². The number of benzene rings is 1. The van der Waals surface area contributed by atoms with E-state index in [0.717, 1.165) is 6.07 Å². The first kappa shape index (κ1) is 17.7. The van der Waals surface area contributed by atoms with E-state index in [4.69, 9.17) is 9.47 Å². The summed E-state index contributed by atoms with van der Waals surface area (Å²) in [5.74, 6) is -0.777. The molecular weight excluding hydrogens is 294 g/mol. The molecule has 1 N–H and O–H groups in total. The lowest BCUT2D eigenvalue weighted by Gasteiger charge is -2.14. The average molecular weight is 311 g/mol. The Morgan fingerprint density at radius 2 is 2.00 bits per heavy atom. The van der Waals surface area contributed by atoms with Gasteiger partial charge in [0.05, 0.1) is 6.61 Å². The first-order valence-electron chi connectivity index (χ1n) is 6.18. The summed E-state index contributed by atoms with van der Waals surface area (Å²) in [6.45, 7) is -0.776. The number of methoxy groups -OCH3 is 1. The maximum absolute atomic E-state index is 13.6. The van der Waals surface area contributed by atoms with E-state index in [1.165, 1.54) is 6.07 Å². The van der Waals surface area contributed by atoms with Crippen LogP contribution in [0, 0.1) is 5.82 Å². The van der Waals surface area contributed by atoms with E-state index in [-0.39, 0.29) is 5.75 Å². The largest absolute Gasteiger partial charge is 0.464 e. The smallest absolute Gasteiger partial charge is 0.411 e. The lowest BCUT2D eigenvalue weighted by molar-refractivity contribution is -0.187. The highest BCUT2D eigenvalue weighted by Crippen LogP contribution is 2.23. The summed E-state index contributed by atoms with van der Waals surface area (Å²) in [6, 6.07) is 4.27. The molecule has 4 nitrogen and oxygen atoms in total. The molecule has 0 fully saturated rings. The van der Waals surface area contributed by atoms with Gasteiger partial charge in [-0.3, -0.25) is 0 Å². The molecule has 0 aromatic heterocycles. The van der Waals surface area contributed by atoms with Crippen molar-refractivity contribution in [1.29, 1.82) is 0 Å². The van der Waals surface area contributed by atoms with Gasteiger partial charge >= 0.3 is 6.18 Å². The van der Waals surface area contributed by atoms with Crippen LogP contribution < -0.4 is 10.1 Å². The fourth-order valence-electron chi connectivity index (χ4n) is 1.51. The third kappa shape index (κ3) is 7.26. The number of ether oxygens (including phenoxy) is 3. The Bertz CT molecular complexity index is 426. The molecule has 0 aliphatic rings. The maximum Gasteiger partial charge on any atom is 0.411 e. The minimum absolute atomic E-state index is 0.121. The molecule has 0 spiro atoms. The minimum Gasteiger partial charge on any atom is -0.464 e. The molecule has 0 aliphatic carbocycles. The Labute approximate surface area is 120 Å². The minimum atomic E-state index is -4.44. The summed E-state index contributed by atoms with van der Waals surface area (Å²) in [4.78, 5) is 0. The van der Waals surface area contributed by atoms with Gasteiger partial charge in [-0.25, -0.2) is 4.39 Å². The number of hydrogen-bond donors (Lipinski definition) is 1. The fraction of sp³-hybridized carbons (Fsp3) is 0.538. The molecule has 0 heterocycles. The van der Waals surface area contributed by atoms with Crippen LogP contribution in [0.4, 0.5) is 17.6 Å². The number of hydrogen-bond acceptors (Lipinski definition) is 4. The summed E-state index contributed by atoms with van der Waals surface area (Å²) in [5.41, 5.74) is 0.488. The van der Waals surface area contributed by atoms with Crippen LogP contribution in [0.25, 0.3) is 0 Å². The molecule has 0 unspecified atom stereocenters. The van der Waals surface area contributed by atoms with Gasteiger partial charge in [0.1, 0.15) is 6.61 Å². The highest BCUT2D eigenvalue weighted by atomic mass is 19.4. The van der Waals surface area contributed by atoms with Crippen molar-refractivity contribution in [3.8, 4) is 5.75 Å². The summed E-state index contributed by atoms with van der Waals surface area (Å²) in [7, 11) is 1.55. The van der Waals surface area contributed by atoms with Gasteiger partial charge in [-0.1, -0.05) is 12.1 Å². The number of alkyl halides is 3. The van der Waals surface area contributed by atoms with Crippen LogP contribution in [0.3, 0.4) is 0 Å². The molecule has 1 aromatic rings. The Morgan fingerprint density at radius 1 is 1.24 bits per heavy atom. The SMILES string of the molecule is COCCNCc1cccc(F)c1OCOCC(F)(F)F. The van der Waals surface area contributed by atoms with Crippen molar-refractivity contribution in [3.05, 3.63) is 29.6 Å². The van der Waals surface area contributed by atoms with Crippen LogP contribution >= 0.6 is 0 Å². The van der Waals surface area contributed by atoms with Crippen molar-refractivity contribution in [2.75, 3.05) is 33.7 Å². The zero-order valence-electron chi connectivity index (χ0n) is 11.5. The monoisotopic (exact) mass is 311 g/mol.